The Balaban J connectivity index is 2.11. The first-order chi connectivity index (χ1) is 12.1. The number of nitrogens with zero attached hydrogens (tertiary/aromatic N) is 5. The number of hydrogen-bond donors (Lipinski definition) is 0. The van der Waals surface area contributed by atoms with Gasteiger partial charge >= 0.3 is 5.69 Å². The molecule has 0 saturated carbocycles. The van der Waals surface area contributed by atoms with Crippen LogP contribution < -0.4 is 11.2 Å². The fourth-order valence-corrected chi connectivity index (χ4v) is 3.97. The van der Waals surface area contributed by atoms with Crippen molar-refractivity contribution in [1.82, 2.24) is 18.7 Å². The molecule has 1 aliphatic rings. The van der Waals surface area contributed by atoms with Gasteiger partial charge in [-0.1, -0.05) is 0 Å². The summed E-state index contributed by atoms with van der Waals surface area (Å²) in [6.45, 7) is 1.21. The molecule has 0 spiro atoms. The van der Waals surface area contributed by atoms with E-state index in [1.807, 2.05) is 0 Å². The predicted molar refractivity (Wildman–Crippen MR) is 92.4 cm³/mol. The number of quaternary nitrogens is 1. The Labute approximate surface area is 149 Å². The molecule has 1 saturated heterocycles. The van der Waals surface area contributed by atoms with Gasteiger partial charge in [0.2, 0.25) is 15.0 Å². The average molecular weight is 387 g/mol. The summed E-state index contributed by atoms with van der Waals surface area (Å²) in [5.74, 6) is 0. The number of fused-ring (bicyclic) bond motifs is 1. The predicted octanol–water partition coefficient (Wildman–Crippen LogP) is -1.82. The lowest BCUT2D eigenvalue weighted by Gasteiger charge is -2.45. The number of rotatable bonds is 4. The van der Waals surface area contributed by atoms with Crippen molar-refractivity contribution >= 4 is 21.0 Å². The van der Waals surface area contributed by atoms with E-state index in [2.05, 4.69) is 4.98 Å². The van der Waals surface area contributed by atoms with Crippen LogP contribution >= 0.6 is 0 Å². The molecule has 0 unspecified atom stereocenters. The van der Waals surface area contributed by atoms with Gasteiger partial charge in [-0.2, -0.15) is 4.98 Å². The Morgan fingerprint density at radius 1 is 1.19 bits per heavy atom. The molecule has 26 heavy (non-hydrogen) atoms. The second kappa shape index (κ2) is 6.30. The molecular formula is C14H21N5O6S. The molecule has 0 bridgehead atoms. The lowest BCUT2D eigenvalue weighted by Crippen LogP contribution is -2.53. The summed E-state index contributed by atoms with van der Waals surface area (Å²) < 4.78 is 31.6. The van der Waals surface area contributed by atoms with Crippen LogP contribution in [0.3, 0.4) is 0 Å². The third-order valence-electron chi connectivity index (χ3n) is 4.67. The number of morpholine rings is 1. The molecule has 3 rings (SSSR count). The molecule has 0 aliphatic carbocycles. The Bertz CT molecular complexity index is 1070. The number of aromatic nitrogens is 4. The topological polar surface area (TPSA) is 128 Å². The maximum atomic E-state index is 12.8. The Morgan fingerprint density at radius 3 is 2.38 bits per heavy atom. The van der Waals surface area contributed by atoms with E-state index in [-0.39, 0.29) is 42.5 Å². The summed E-state index contributed by atoms with van der Waals surface area (Å²) in [5, 5.41) is 12.3. The maximum absolute atomic E-state index is 12.8. The van der Waals surface area contributed by atoms with Crippen molar-refractivity contribution < 1.29 is 17.8 Å². The molecule has 3 heterocycles. The maximum Gasteiger partial charge on any atom is 0.332 e. The van der Waals surface area contributed by atoms with Crippen molar-refractivity contribution in [1.29, 1.82) is 0 Å². The first-order valence-electron chi connectivity index (χ1n) is 8.06. The largest absolute Gasteiger partial charge is 0.633 e. The zero-order valence-corrected chi connectivity index (χ0v) is 15.7. The molecular weight excluding hydrogens is 366 g/mol. The van der Waals surface area contributed by atoms with Gasteiger partial charge in [-0.15, -0.1) is 0 Å². The Morgan fingerprint density at radius 2 is 1.81 bits per heavy atom. The number of hydrogen-bond acceptors (Lipinski definition) is 7. The van der Waals surface area contributed by atoms with E-state index < -0.39 is 25.7 Å². The first-order valence-corrected chi connectivity index (χ1v) is 9.95. The minimum atomic E-state index is -3.67. The number of sulfone groups is 1. The van der Waals surface area contributed by atoms with Crippen molar-refractivity contribution in [3.05, 3.63) is 26.0 Å². The van der Waals surface area contributed by atoms with E-state index in [1.165, 1.54) is 18.7 Å². The monoisotopic (exact) mass is 387 g/mol. The van der Waals surface area contributed by atoms with Crippen LogP contribution in [0, 0.1) is 5.21 Å². The molecule has 0 radical (unpaired) electrons. The molecule has 0 N–H and O–H groups in total. The third-order valence-corrected chi connectivity index (χ3v) is 5.70. The van der Waals surface area contributed by atoms with E-state index >= 15 is 0 Å². The zero-order valence-electron chi connectivity index (χ0n) is 14.8. The van der Waals surface area contributed by atoms with E-state index in [9.17, 15) is 23.2 Å². The highest BCUT2D eigenvalue weighted by molar-refractivity contribution is 7.90. The van der Waals surface area contributed by atoms with Gasteiger partial charge < -0.3 is 19.2 Å². The van der Waals surface area contributed by atoms with Crippen molar-refractivity contribution in [3.63, 3.8) is 0 Å². The van der Waals surface area contributed by atoms with Crippen molar-refractivity contribution in [2.45, 2.75) is 11.7 Å². The van der Waals surface area contributed by atoms with Gasteiger partial charge in [0.05, 0.1) is 26.3 Å². The lowest BCUT2D eigenvalue weighted by molar-refractivity contribution is -0.889. The van der Waals surface area contributed by atoms with Crippen molar-refractivity contribution in [2.75, 3.05) is 39.1 Å². The molecule has 0 amide bonds. The normalized spacial score (nSPS) is 17.7. The van der Waals surface area contributed by atoms with E-state index in [4.69, 9.17) is 4.74 Å². The molecule has 11 nitrogen and oxygen atoms in total. The van der Waals surface area contributed by atoms with Crippen LogP contribution in [0.25, 0.3) is 11.2 Å². The van der Waals surface area contributed by atoms with Crippen LogP contribution in [0.1, 0.15) is 0 Å². The number of imidazole rings is 1. The summed E-state index contributed by atoms with van der Waals surface area (Å²) in [4.78, 5) is 29.3. The minimum Gasteiger partial charge on any atom is -0.633 e. The lowest BCUT2D eigenvalue weighted by atomic mass is 10.4. The molecule has 1 fully saturated rings. The molecule has 0 aromatic carbocycles. The van der Waals surface area contributed by atoms with Gasteiger partial charge in [0.15, 0.2) is 11.2 Å². The van der Waals surface area contributed by atoms with Gasteiger partial charge in [0, 0.05) is 20.4 Å². The number of aryl methyl sites for hydroxylation is 2. The molecule has 144 valence electrons. The van der Waals surface area contributed by atoms with Crippen LogP contribution in [0.15, 0.2) is 14.7 Å². The fourth-order valence-electron chi connectivity index (χ4n) is 3.13. The van der Waals surface area contributed by atoms with Gasteiger partial charge in [-0.25, -0.2) is 13.2 Å². The van der Waals surface area contributed by atoms with E-state index in [0.717, 1.165) is 15.4 Å². The van der Waals surface area contributed by atoms with Gasteiger partial charge in [0.25, 0.3) is 5.56 Å². The minimum absolute atomic E-state index is 0.00318. The van der Waals surface area contributed by atoms with Gasteiger partial charge in [0.1, 0.15) is 13.1 Å². The van der Waals surface area contributed by atoms with Crippen LogP contribution in [0.4, 0.5) is 0 Å². The molecule has 12 heteroatoms. The smallest absolute Gasteiger partial charge is 0.332 e. The van der Waals surface area contributed by atoms with Crippen LogP contribution in [0.5, 0.6) is 0 Å². The second-order valence-corrected chi connectivity index (χ2v) is 8.45. The van der Waals surface area contributed by atoms with Gasteiger partial charge in [-0.3, -0.25) is 13.9 Å². The highest BCUT2D eigenvalue weighted by Crippen LogP contribution is 2.14. The standard InChI is InChI=1S/C14H21N5O6S/c1-16-10-11(15-13(16)26(3,23)24)17(2)14(21)18(12(10)20)4-5-19(22)6-8-25-9-7-19/h4-9H2,1-3H3. The van der Waals surface area contributed by atoms with E-state index in [0.29, 0.717) is 13.2 Å². The zero-order chi connectivity index (χ0) is 19.3. The number of hydroxylamine groups is 3. The highest BCUT2D eigenvalue weighted by atomic mass is 32.2. The Kier molecular flexibility index (Phi) is 4.55. The van der Waals surface area contributed by atoms with Crippen LogP contribution in [0.2, 0.25) is 0 Å². The summed E-state index contributed by atoms with van der Waals surface area (Å²) in [6.07, 6.45) is 0.981. The van der Waals surface area contributed by atoms with E-state index in [1.54, 1.807) is 0 Å². The third kappa shape index (κ3) is 3.09. The first kappa shape index (κ1) is 18.8. The summed E-state index contributed by atoms with van der Waals surface area (Å²) >= 11 is 0. The van der Waals surface area contributed by atoms with Crippen molar-refractivity contribution in [3.8, 4) is 0 Å². The van der Waals surface area contributed by atoms with Crippen LogP contribution in [-0.4, -0.2) is 70.9 Å². The summed E-state index contributed by atoms with van der Waals surface area (Å²) in [7, 11) is -0.852. The molecule has 1 aliphatic heterocycles. The SMILES string of the molecule is Cn1c(S(C)(=O)=O)nc2c1c(=O)n(CC[N+]1([O-])CCOCC1)c(=O)n2C. The summed E-state index contributed by atoms with van der Waals surface area (Å²) in [5.41, 5.74) is -1.29. The van der Waals surface area contributed by atoms with Crippen LogP contribution in [-0.2, 0) is 35.2 Å². The molecule has 2 aromatic heterocycles. The molecule has 2 aromatic rings. The van der Waals surface area contributed by atoms with Gasteiger partial charge in [-0.05, 0) is 0 Å². The summed E-state index contributed by atoms with van der Waals surface area (Å²) in [6, 6.07) is 0. The fraction of sp³-hybridized carbons (Fsp3) is 0.643. The second-order valence-electron chi connectivity index (χ2n) is 6.54. The molecule has 0 atom stereocenters. The van der Waals surface area contributed by atoms with Crippen molar-refractivity contribution in [2.24, 2.45) is 14.1 Å². The number of ether oxygens (including phenoxy) is 1. The highest BCUT2D eigenvalue weighted by Gasteiger charge is 2.25. The average Bonchev–Trinajstić information content (AvgIpc) is 2.91. The quantitative estimate of drug-likeness (QED) is 0.446. The Hall–Kier alpha value is -2.02.